The van der Waals surface area contributed by atoms with Crippen molar-refractivity contribution in [1.82, 2.24) is 25.1 Å². The molecule has 0 aliphatic carbocycles. The van der Waals surface area contributed by atoms with Crippen molar-refractivity contribution in [2.45, 2.75) is 6.54 Å². The second-order valence-corrected chi connectivity index (χ2v) is 5.85. The Morgan fingerprint density at radius 1 is 1.30 bits per heavy atom. The molecule has 0 spiro atoms. The van der Waals surface area contributed by atoms with E-state index in [2.05, 4.69) is 15.3 Å². The van der Waals surface area contributed by atoms with Crippen molar-refractivity contribution >= 4 is 22.6 Å². The summed E-state index contributed by atoms with van der Waals surface area (Å²) < 4.78 is 0. The average molecular weight is 314 g/mol. The molecule has 2 aromatic rings. The largest absolute Gasteiger partial charge is 0.383 e. The molecule has 1 fully saturated rings. The maximum atomic E-state index is 12.3. The molecule has 1 aromatic heterocycles. The van der Waals surface area contributed by atoms with Crippen molar-refractivity contribution in [2.75, 3.05) is 45.5 Å². The number of likely N-dealkylation sites (N-methyl/N-ethyl adjacent to an activating group) is 1. The number of hydrogen-bond donors (Lipinski definition) is 2. The topological polar surface area (TPSA) is 87.4 Å². The number of piperazine rings is 1. The highest BCUT2D eigenvalue weighted by Gasteiger charge is 2.18. The fourth-order valence-electron chi connectivity index (χ4n) is 2.76. The third-order valence-corrected chi connectivity index (χ3v) is 3.97. The first-order valence-corrected chi connectivity index (χ1v) is 7.81. The van der Waals surface area contributed by atoms with Crippen LogP contribution < -0.4 is 11.1 Å². The number of nitrogens with one attached hydrogen (secondary N) is 1. The summed E-state index contributed by atoms with van der Waals surface area (Å²) in [7, 11) is 1.90. The van der Waals surface area contributed by atoms with Gasteiger partial charge >= 0.3 is 0 Å². The highest BCUT2D eigenvalue weighted by molar-refractivity contribution is 5.87. The van der Waals surface area contributed by atoms with Gasteiger partial charge < -0.3 is 16.0 Å². The first-order chi connectivity index (χ1) is 11.1. The Balaban J connectivity index is 1.65. The molecule has 2 heterocycles. The van der Waals surface area contributed by atoms with Gasteiger partial charge in [-0.2, -0.15) is 0 Å². The Kier molecular flexibility index (Phi) is 4.68. The fraction of sp³-hybridized carbons (Fsp3) is 0.438. The zero-order valence-corrected chi connectivity index (χ0v) is 13.3. The van der Waals surface area contributed by atoms with Crippen LogP contribution in [0.3, 0.4) is 0 Å². The fourth-order valence-corrected chi connectivity index (χ4v) is 2.76. The van der Waals surface area contributed by atoms with Crippen LogP contribution in [-0.2, 0) is 11.3 Å². The molecule has 7 heteroatoms. The zero-order valence-electron chi connectivity index (χ0n) is 13.3. The number of nitrogen functional groups attached to an aromatic ring is 1. The van der Waals surface area contributed by atoms with E-state index in [-0.39, 0.29) is 5.91 Å². The number of amides is 1. The van der Waals surface area contributed by atoms with Gasteiger partial charge in [-0.05, 0) is 19.2 Å². The molecule has 7 nitrogen and oxygen atoms in total. The number of para-hydroxylation sites is 1. The van der Waals surface area contributed by atoms with E-state index in [4.69, 9.17) is 5.73 Å². The van der Waals surface area contributed by atoms with Crippen molar-refractivity contribution < 1.29 is 4.79 Å². The zero-order chi connectivity index (χ0) is 16.2. The number of rotatable bonds is 4. The number of benzene rings is 1. The van der Waals surface area contributed by atoms with Crippen LogP contribution in [0.25, 0.3) is 10.9 Å². The summed E-state index contributed by atoms with van der Waals surface area (Å²) in [5, 5.41) is 4.10. The molecule has 0 bridgehead atoms. The van der Waals surface area contributed by atoms with E-state index in [1.165, 1.54) is 0 Å². The van der Waals surface area contributed by atoms with E-state index < -0.39 is 0 Å². The first-order valence-electron chi connectivity index (χ1n) is 7.81. The Morgan fingerprint density at radius 3 is 2.83 bits per heavy atom. The lowest BCUT2D eigenvalue weighted by Crippen LogP contribution is -2.49. The van der Waals surface area contributed by atoms with Crippen molar-refractivity contribution in [3.05, 3.63) is 30.1 Å². The number of anilines is 1. The van der Waals surface area contributed by atoms with Gasteiger partial charge in [-0.1, -0.05) is 12.1 Å². The molecule has 1 saturated heterocycles. The normalized spacial score (nSPS) is 15.3. The van der Waals surface area contributed by atoms with E-state index in [9.17, 15) is 4.79 Å². The lowest BCUT2D eigenvalue weighted by atomic mass is 10.2. The van der Waals surface area contributed by atoms with Gasteiger partial charge in [-0.25, -0.2) is 9.97 Å². The van der Waals surface area contributed by atoms with Crippen molar-refractivity contribution in [3.63, 3.8) is 0 Å². The maximum absolute atomic E-state index is 12.3. The first kappa shape index (κ1) is 15.6. The van der Waals surface area contributed by atoms with Gasteiger partial charge in [0.15, 0.2) is 0 Å². The highest BCUT2D eigenvalue weighted by atomic mass is 16.2. The molecule has 1 aromatic carbocycles. The molecule has 1 amide bonds. The summed E-state index contributed by atoms with van der Waals surface area (Å²) in [6.07, 6.45) is 0. The van der Waals surface area contributed by atoms with E-state index >= 15 is 0 Å². The monoisotopic (exact) mass is 314 g/mol. The molecule has 0 unspecified atom stereocenters. The summed E-state index contributed by atoms with van der Waals surface area (Å²) >= 11 is 0. The minimum Gasteiger partial charge on any atom is -0.383 e. The van der Waals surface area contributed by atoms with Gasteiger partial charge in [0, 0.05) is 31.6 Å². The van der Waals surface area contributed by atoms with Crippen LogP contribution in [-0.4, -0.2) is 65.4 Å². The van der Waals surface area contributed by atoms with Crippen LogP contribution in [0.5, 0.6) is 0 Å². The molecule has 3 N–H and O–H groups in total. The number of carbonyl (C=O) groups excluding carboxylic acids is 1. The van der Waals surface area contributed by atoms with Crippen LogP contribution in [0.2, 0.25) is 0 Å². The minimum absolute atomic E-state index is 0.141. The molecule has 1 aliphatic heterocycles. The Labute approximate surface area is 135 Å². The predicted molar refractivity (Wildman–Crippen MR) is 89.7 cm³/mol. The lowest BCUT2D eigenvalue weighted by molar-refractivity contribution is -0.132. The van der Waals surface area contributed by atoms with Gasteiger partial charge in [0.2, 0.25) is 5.91 Å². The molecule has 0 saturated carbocycles. The summed E-state index contributed by atoms with van der Waals surface area (Å²) in [4.78, 5) is 25.0. The number of aromatic nitrogens is 2. The van der Waals surface area contributed by atoms with Crippen molar-refractivity contribution in [2.24, 2.45) is 0 Å². The molecule has 0 radical (unpaired) electrons. The second kappa shape index (κ2) is 6.89. The van der Waals surface area contributed by atoms with Crippen molar-refractivity contribution in [1.29, 1.82) is 0 Å². The van der Waals surface area contributed by atoms with E-state index in [0.717, 1.165) is 37.1 Å². The molecule has 0 atom stereocenters. The Bertz CT molecular complexity index is 698. The van der Waals surface area contributed by atoms with Crippen LogP contribution in [0.4, 0.5) is 5.82 Å². The number of nitrogens with zero attached hydrogens (tertiary/aromatic N) is 4. The predicted octanol–water partition coefficient (Wildman–Crippen LogP) is 0.0756. The number of hydrogen-bond acceptors (Lipinski definition) is 6. The molecular weight excluding hydrogens is 292 g/mol. The number of carbonyl (C=O) groups is 1. The van der Waals surface area contributed by atoms with Crippen LogP contribution >= 0.6 is 0 Å². The summed E-state index contributed by atoms with van der Waals surface area (Å²) in [6, 6.07) is 7.67. The smallest absolute Gasteiger partial charge is 0.236 e. The van der Waals surface area contributed by atoms with E-state index in [0.29, 0.717) is 24.7 Å². The maximum Gasteiger partial charge on any atom is 0.236 e. The molecular formula is C16H22N6O. The third kappa shape index (κ3) is 3.75. The van der Waals surface area contributed by atoms with Gasteiger partial charge in [0.25, 0.3) is 0 Å². The van der Waals surface area contributed by atoms with E-state index in [1.807, 2.05) is 41.1 Å². The average Bonchev–Trinajstić information content (AvgIpc) is 2.55. The van der Waals surface area contributed by atoms with Gasteiger partial charge in [0.05, 0.1) is 18.6 Å². The quantitative estimate of drug-likeness (QED) is 0.831. The van der Waals surface area contributed by atoms with Crippen LogP contribution in [0, 0.1) is 0 Å². The minimum atomic E-state index is 0.141. The van der Waals surface area contributed by atoms with Crippen molar-refractivity contribution in [3.8, 4) is 0 Å². The standard InChI is InChI=1S/C16H22N6O/c1-21(11-15(23)22-8-6-18-7-9-22)10-14-19-13-5-3-2-4-12(13)16(17)20-14/h2-5,18H,6-11H2,1H3,(H2,17,19,20). The molecule has 1 aliphatic rings. The van der Waals surface area contributed by atoms with Crippen LogP contribution in [0.15, 0.2) is 24.3 Å². The SMILES string of the molecule is CN(CC(=O)N1CCNCC1)Cc1nc(N)c2ccccc2n1. The summed E-state index contributed by atoms with van der Waals surface area (Å²) in [5.74, 6) is 1.26. The molecule has 23 heavy (non-hydrogen) atoms. The number of fused-ring (bicyclic) bond motifs is 1. The van der Waals surface area contributed by atoms with Gasteiger partial charge in [-0.15, -0.1) is 0 Å². The highest BCUT2D eigenvalue weighted by Crippen LogP contribution is 2.17. The van der Waals surface area contributed by atoms with Crippen LogP contribution in [0.1, 0.15) is 5.82 Å². The van der Waals surface area contributed by atoms with Gasteiger partial charge in [-0.3, -0.25) is 9.69 Å². The van der Waals surface area contributed by atoms with E-state index in [1.54, 1.807) is 0 Å². The molecule has 3 rings (SSSR count). The molecule has 122 valence electrons. The summed E-state index contributed by atoms with van der Waals surface area (Å²) in [5.41, 5.74) is 6.83. The summed E-state index contributed by atoms with van der Waals surface area (Å²) in [6.45, 7) is 4.11. The second-order valence-electron chi connectivity index (χ2n) is 5.85. The number of nitrogens with two attached hydrogens (primary N) is 1. The van der Waals surface area contributed by atoms with Gasteiger partial charge in [0.1, 0.15) is 11.6 Å². The lowest BCUT2D eigenvalue weighted by Gasteiger charge is -2.29. The third-order valence-electron chi connectivity index (χ3n) is 3.97. The Morgan fingerprint density at radius 2 is 2.04 bits per heavy atom. The Hall–Kier alpha value is -2.25.